The molecule has 2 aromatic rings. The second-order valence-electron chi connectivity index (χ2n) is 7.18. The SMILES string of the molecule is CCN(CC)C(=O)c1cccc(NC(=O)[C@@H]2CCCN(S(=O)(=O)c3cccs3)C2)c1. The molecule has 0 aliphatic carbocycles. The molecule has 2 heterocycles. The third-order valence-corrected chi connectivity index (χ3v) is 8.51. The first-order chi connectivity index (χ1) is 14.4. The molecule has 1 saturated heterocycles. The van der Waals surface area contributed by atoms with E-state index in [1.165, 1.54) is 15.6 Å². The number of anilines is 1. The summed E-state index contributed by atoms with van der Waals surface area (Å²) in [4.78, 5) is 27.1. The molecular formula is C21H27N3O4S2. The zero-order valence-electron chi connectivity index (χ0n) is 17.2. The summed E-state index contributed by atoms with van der Waals surface area (Å²) in [6.07, 6.45) is 1.25. The number of piperidine rings is 1. The number of hydrogen-bond acceptors (Lipinski definition) is 5. The second kappa shape index (κ2) is 9.72. The minimum atomic E-state index is -3.57. The van der Waals surface area contributed by atoms with Crippen LogP contribution in [0.3, 0.4) is 0 Å². The molecule has 0 unspecified atom stereocenters. The first kappa shape index (κ1) is 22.5. The van der Waals surface area contributed by atoms with E-state index in [-0.39, 0.29) is 18.4 Å². The Kier molecular flexibility index (Phi) is 7.27. The van der Waals surface area contributed by atoms with Gasteiger partial charge in [-0.25, -0.2) is 8.42 Å². The van der Waals surface area contributed by atoms with Crippen molar-refractivity contribution >= 4 is 38.9 Å². The van der Waals surface area contributed by atoms with Crippen molar-refractivity contribution in [3.8, 4) is 0 Å². The minimum Gasteiger partial charge on any atom is -0.339 e. The highest BCUT2D eigenvalue weighted by atomic mass is 32.2. The topological polar surface area (TPSA) is 86.8 Å². The Morgan fingerprint density at radius 1 is 1.20 bits per heavy atom. The summed E-state index contributed by atoms with van der Waals surface area (Å²) < 4.78 is 27.2. The van der Waals surface area contributed by atoms with Gasteiger partial charge < -0.3 is 10.2 Å². The van der Waals surface area contributed by atoms with Crippen molar-refractivity contribution in [3.63, 3.8) is 0 Å². The van der Waals surface area contributed by atoms with Crippen LogP contribution in [0.1, 0.15) is 37.0 Å². The first-order valence-corrected chi connectivity index (χ1v) is 12.4. The van der Waals surface area contributed by atoms with E-state index >= 15 is 0 Å². The predicted octanol–water partition coefficient (Wildman–Crippen LogP) is 3.27. The summed E-state index contributed by atoms with van der Waals surface area (Å²) in [7, 11) is -3.57. The summed E-state index contributed by atoms with van der Waals surface area (Å²) >= 11 is 1.18. The molecule has 7 nitrogen and oxygen atoms in total. The zero-order chi connectivity index (χ0) is 21.7. The Balaban J connectivity index is 1.69. The van der Waals surface area contributed by atoms with Crippen molar-refractivity contribution in [3.05, 3.63) is 47.3 Å². The summed E-state index contributed by atoms with van der Waals surface area (Å²) in [5.74, 6) is -0.744. The molecule has 0 saturated carbocycles. The third-order valence-electron chi connectivity index (χ3n) is 5.27. The van der Waals surface area contributed by atoms with E-state index in [0.29, 0.717) is 47.9 Å². The van der Waals surface area contributed by atoms with Crippen LogP contribution in [0, 0.1) is 5.92 Å². The molecule has 9 heteroatoms. The molecule has 30 heavy (non-hydrogen) atoms. The lowest BCUT2D eigenvalue weighted by molar-refractivity contribution is -0.120. The maximum Gasteiger partial charge on any atom is 0.253 e. The van der Waals surface area contributed by atoms with Crippen molar-refractivity contribution in [2.24, 2.45) is 5.92 Å². The largest absolute Gasteiger partial charge is 0.339 e. The molecular weight excluding hydrogens is 422 g/mol. The van der Waals surface area contributed by atoms with Crippen LogP contribution in [0.15, 0.2) is 46.0 Å². The zero-order valence-corrected chi connectivity index (χ0v) is 18.8. The van der Waals surface area contributed by atoms with E-state index in [1.807, 2.05) is 13.8 Å². The van der Waals surface area contributed by atoms with Gasteiger partial charge >= 0.3 is 0 Å². The van der Waals surface area contributed by atoms with Crippen LogP contribution in [-0.2, 0) is 14.8 Å². The molecule has 0 bridgehead atoms. The van der Waals surface area contributed by atoms with Crippen molar-refractivity contribution in [2.45, 2.75) is 30.9 Å². The number of nitrogens with zero attached hydrogens (tertiary/aromatic N) is 2. The average Bonchev–Trinajstić information content (AvgIpc) is 3.31. The Morgan fingerprint density at radius 2 is 1.97 bits per heavy atom. The molecule has 1 aromatic carbocycles. The van der Waals surface area contributed by atoms with Crippen LogP contribution >= 0.6 is 11.3 Å². The van der Waals surface area contributed by atoms with Gasteiger partial charge in [0.2, 0.25) is 5.91 Å². The quantitative estimate of drug-likeness (QED) is 0.703. The standard InChI is InChI=1S/C21H27N3O4S2/c1-3-23(4-2)21(26)16-8-5-10-18(14-16)22-20(25)17-9-6-12-24(15-17)30(27,28)19-11-7-13-29-19/h5,7-8,10-11,13-14,17H,3-4,6,9,12,15H2,1-2H3,(H,22,25)/t17-/m1/s1. The molecule has 2 amide bonds. The Labute approximate surface area is 181 Å². The van der Waals surface area contributed by atoms with E-state index in [0.717, 1.165) is 0 Å². The van der Waals surface area contributed by atoms with Gasteiger partial charge in [0.1, 0.15) is 4.21 Å². The molecule has 0 spiro atoms. The van der Waals surface area contributed by atoms with Gasteiger partial charge in [0.15, 0.2) is 0 Å². The Bertz CT molecular complexity index is 985. The fourth-order valence-corrected chi connectivity index (χ4v) is 6.25. The number of amides is 2. The number of benzene rings is 1. The van der Waals surface area contributed by atoms with Crippen LogP contribution in [0.25, 0.3) is 0 Å². The second-order valence-corrected chi connectivity index (χ2v) is 10.3. The van der Waals surface area contributed by atoms with Gasteiger partial charge in [-0.15, -0.1) is 11.3 Å². The minimum absolute atomic E-state index is 0.0815. The van der Waals surface area contributed by atoms with Gasteiger partial charge in [0, 0.05) is 37.4 Å². The molecule has 0 radical (unpaired) electrons. The van der Waals surface area contributed by atoms with E-state index in [1.54, 1.807) is 46.7 Å². The number of thiophene rings is 1. The van der Waals surface area contributed by atoms with E-state index < -0.39 is 15.9 Å². The Morgan fingerprint density at radius 3 is 2.63 bits per heavy atom. The van der Waals surface area contributed by atoms with Gasteiger partial charge in [-0.1, -0.05) is 12.1 Å². The lowest BCUT2D eigenvalue weighted by Gasteiger charge is -2.30. The normalized spacial score (nSPS) is 17.5. The molecule has 1 fully saturated rings. The molecule has 1 aliphatic heterocycles. The maximum absolute atomic E-state index is 12.8. The highest BCUT2D eigenvalue weighted by Crippen LogP contribution is 2.27. The number of carbonyl (C=O) groups excluding carboxylic acids is 2. The van der Waals surface area contributed by atoms with Gasteiger partial charge in [-0.05, 0) is 56.3 Å². The van der Waals surface area contributed by atoms with Crippen molar-refractivity contribution in [1.82, 2.24) is 9.21 Å². The maximum atomic E-state index is 12.8. The summed E-state index contributed by atoms with van der Waals surface area (Å²) in [6, 6.07) is 10.2. The smallest absolute Gasteiger partial charge is 0.253 e. The fourth-order valence-electron chi connectivity index (χ4n) is 3.58. The number of carbonyl (C=O) groups is 2. The molecule has 3 rings (SSSR count). The van der Waals surface area contributed by atoms with Gasteiger partial charge in [-0.2, -0.15) is 4.31 Å². The monoisotopic (exact) mass is 449 g/mol. The molecule has 1 aromatic heterocycles. The molecule has 1 aliphatic rings. The Hall–Kier alpha value is -2.23. The average molecular weight is 450 g/mol. The molecule has 1 atom stereocenters. The van der Waals surface area contributed by atoms with Crippen LogP contribution in [0.2, 0.25) is 0 Å². The number of sulfonamides is 1. The summed E-state index contributed by atoms with van der Waals surface area (Å²) in [5, 5.41) is 4.59. The predicted molar refractivity (Wildman–Crippen MR) is 118 cm³/mol. The van der Waals surface area contributed by atoms with E-state index in [9.17, 15) is 18.0 Å². The fraction of sp³-hybridized carbons (Fsp3) is 0.429. The van der Waals surface area contributed by atoms with E-state index in [2.05, 4.69) is 5.32 Å². The summed E-state index contributed by atoms with van der Waals surface area (Å²) in [5.41, 5.74) is 1.05. The molecule has 1 N–H and O–H groups in total. The third kappa shape index (κ3) is 4.91. The number of rotatable bonds is 7. The van der Waals surface area contributed by atoms with Gasteiger partial charge in [0.05, 0.1) is 5.92 Å². The highest BCUT2D eigenvalue weighted by Gasteiger charge is 2.33. The van der Waals surface area contributed by atoms with Crippen molar-refractivity contribution < 1.29 is 18.0 Å². The lowest BCUT2D eigenvalue weighted by Crippen LogP contribution is -2.43. The highest BCUT2D eigenvalue weighted by molar-refractivity contribution is 7.91. The van der Waals surface area contributed by atoms with Crippen molar-refractivity contribution in [1.29, 1.82) is 0 Å². The van der Waals surface area contributed by atoms with E-state index in [4.69, 9.17) is 0 Å². The van der Waals surface area contributed by atoms with Crippen LogP contribution < -0.4 is 5.32 Å². The first-order valence-electron chi connectivity index (χ1n) is 10.1. The molecule has 162 valence electrons. The summed E-state index contributed by atoms with van der Waals surface area (Å²) in [6.45, 7) is 5.64. The van der Waals surface area contributed by atoms with Gasteiger partial charge in [0.25, 0.3) is 15.9 Å². The number of nitrogens with one attached hydrogen (secondary N) is 1. The lowest BCUT2D eigenvalue weighted by atomic mass is 9.98. The van der Waals surface area contributed by atoms with Crippen LogP contribution in [0.5, 0.6) is 0 Å². The van der Waals surface area contributed by atoms with Crippen LogP contribution in [-0.4, -0.2) is 55.6 Å². The van der Waals surface area contributed by atoms with Crippen LogP contribution in [0.4, 0.5) is 5.69 Å². The van der Waals surface area contributed by atoms with Crippen molar-refractivity contribution in [2.75, 3.05) is 31.5 Å². The van der Waals surface area contributed by atoms with Gasteiger partial charge in [-0.3, -0.25) is 9.59 Å². The number of hydrogen-bond donors (Lipinski definition) is 1.